The zero-order chi connectivity index (χ0) is 12.3. The third-order valence-electron chi connectivity index (χ3n) is 2.25. The molecule has 2 aromatic carbocycles. The summed E-state index contributed by atoms with van der Waals surface area (Å²) in [5, 5.41) is 19.9. The Labute approximate surface area is 102 Å². The van der Waals surface area contributed by atoms with Crippen LogP contribution in [0.2, 0.25) is 0 Å². The molecule has 0 bridgehead atoms. The number of aromatic hydroxyl groups is 1. The first-order valence-electron chi connectivity index (χ1n) is 4.74. The third kappa shape index (κ3) is 2.31. The molecule has 1 N–H and O–H groups in total. The number of diazo groups is 1. The van der Waals surface area contributed by atoms with E-state index in [1.807, 2.05) is 6.07 Å². The van der Waals surface area contributed by atoms with Gasteiger partial charge in [-0.15, -0.1) is 0 Å². The van der Waals surface area contributed by atoms with Gasteiger partial charge in [0.05, 0.1) is 19.2 Å². The molecule has 6 heteroatoms. The van der Waals surface area contributed by atoms with E-state index in [-0.39, 0.29) is 11.4 Å². The average Bonchev–Trinajstić information content (AvgIpc) is 2.37. The number of rotatable bonds is 3. The maximum Gasteiger partial charge on any atom is 0.426 e. The molecule has 0 aliphatic rings. The SMILES string of the molecule is COOSc1ccc2c(O)c([N+]#N)ccc2c1. The molecule has 0 aliphatic heterocycles. The lowest BCUT2D eigenvalue weighted by atomic mass is 10.1. The zero-order valence-corrected chi connectivity index (χ0v) is 9.77. The molecule has 0 heterocycles. The normalized spacial score (nSPS) is 10.4. The minimum Gasteiger partial charge on any atom is -0.501 e. The Bertz CT molecular complexity index is 595. The van der Waals surface area contributed by atoms with Gasteiger partial charge >= 0.3 is 5.69 Å². The number of fused-ring (bicyclic) bond motifs is 1. The Morgan fingerprint density at radius 2 is 2.12 bits per heavy atom. The molecule has 86 valence electrons. The third-order valence-corrected chi connectivity index (χ3v) is 2.90. The molecule has 0 atom stereocenters. The smallest absolute Gasteiger partial charge is 0.426 e. The maximum atomic E-state index is 9.80. The first-order chi connectivity index (χ1) is 8.26. The summed E-state index contributed by atoms with van der Waals surface area (Å²) in [6.45, 7) is 0. The molecule has 17 heavy (non-hydrogen) atoms. The highest BCUT2D eigenvalue weighted by molar-refractivity contribution is 7.94. The second-order valence-electron chi connectivity index (χ2n) is 3.23. The monoisotopic (exact) mass is 249 g/mol. The van der Waals surface area contributed by atoms with Crippen LogP contribution in [0.5, 0.6) is 5.75 Å². The molecule has 2 aromatic rings. The summed E-state index contributed by atoms with van der Waals surface area (Å²) in [5.41, 5.74) is 0.144. The number of hydrogen-bond acceptors (Lipinski definition) is 5. The molecule has 0 spiro atoms. The Morgan fingerprint density at radius 1 is 1.29 bits per heavy atom. The van der Waals surface area contributed by atoms with Crippen LogP contribution < -0.4 is 0 Å². The van der Waals surface area contributed by atoms with Gasteiger partial charge in [0.15, 0.2) is 4.98 Å². The summed E-state index contributed by atoms with van der Waals surface area (Å²) in [7, 11) is 1.43. The quantitative estimate of drug-likeness (QED) is 0.389. The van der Waals surface area contributed by atoms with Crippen molar-refractivity contribution in [1.82, 2.24) is 0 Å². The molecular weight excluding hydrogens is 240 g/mol. The van der Waals surface area contributed by atoms with E-state index in [1.54, 1.807) is 18.2 Å². The number of phenols is 1. The highest BCUT2D eigenvalue weighted by Crippen LogP contribution is 2.36. The molecule has 0 amide bonds. The first kappa shape index (κ1) is 11.7. The van der Waals surface area contributed by atoms with E-state index in [4.69, 9.17) is 9.73 Å². The van der Waals surface area contributed by atoms with Crippen molar-refractivity contribution in [3.8, 4) is 5.75 Å². The van der Waals surface area contributed by atoms with E-state index in [2.05, 4.69) is 9.86 Å². The van der Waals surface area contributed by atoms with Gasteiger partial charge in [-0.2, -0.15) is 4.33 Å². The largest absolute Gasteiger partial charge is 0.501 e. The molecular formula is C11H9N2O3S+. The minimum absolute atomic E-state index is 0.0470. The lowest BCUT2D eigenvalue weighted by Crippen LogP contribution is -1.80. The van der Waals surface area contributed by atoms with Crippen LogP contribution in [0.4, 0.5) is 5.69 Å². The van der Waals surface area contributed by atoms with Crippen molar-refractivity contribution in [3.63, 3.8) is 0 Å². The van der Waals surface area contributed by atoms with Gasteiger partial charge in [-0.25, -0.2) is 4.89 Å². The fraction of sp³-hybridized carbons (Fsp3) is 0.0909. The van der Waals surface area contributed by atoms with Gasteiger partial charge in [0.1, 0.15) is 0 Å². The van der Waals surface area contributed by atoms with Gasteiger partial charge in [0, 0.05) is 16.3 Å². The predicted octanol–water partition coefficient (Wildman–Crippen LogP) is 3.62. The van der Waals surface area contributed by atoms with Crippen LogP contribution in [0.1, 0.15) is 0 Å². The van der Waals surface area contributed by atoms with E-state index in [0.717, 1.165) is 22.3 Å². The predicted molar refractivity (Wildman–Crippen MR) is 64.3 cm³/mol. The highest BCUT2D eigenvalue weighted by atomic mass is 32.2. The van der Waals surface area contributed by atoms with Gasteiger partial charge in [-0.05, 0) is 29.7 Å². The lowest BCUT2D eigenvalue weighted by Gasteiger charge is -2.02. The summed E-state index contributed by atoms with van der Waals surface area (Å²) < 4.78 is 4.74. The fourth-order valence-electron chi connectivity index (χ4n) is 1.49. The summed E-state index contributed by atoms with van der Waals surface area (Å²) in [6, 6.07) is 8.61. The van der Waals surface area contributed by atoms with Crippen molar-refractivity contribution in [3.05, 3.63) is 35.3 Å². The molecule has 0 fully saturated rings. The van der Waals surface area contributed by atoms with Gasteiger partial charge in [-0.1, -0.05) is 0 Å². The van der Waals surface area contributed by atoms with Crippen molar-refractivity contribution in [2.24, 2.45) is 0 Å². The van der Waals surface area contributed by atoms with Gasteiger partial charge in [0.2, 0.25) is 11.1 Å². The molecule has 0 unspecified atom stereocenters. The van der Waals surface area contributed by atoms with Crippen molar-refractivity contribution < 1.29 is 14.3 Å². The molecule has 2 rings (SSSR count). The van der Waals surface area contributed by atoms with Crippen LogP contribution in [0.25, 0.3) is 15.7 Å². The Morgan fingerprint density at radius 3 is 2.82 bits per heavy atom. The van der Waals surface area contributed by atoms with Crippen LogP contribution in [-0.4, -0.2) is 12.2 Å². The van der Waals surface area contributed by atoms with Gasteiger partial charge in [0.25, 0.3) is 0 Å². The number of phenolic OH excluding ortho intramolecular Hbond substituents is 1. The average molecular weight is 249 g/mol. The van der Waals surface area contributed by atoms with Crippen molar-refractivity contribution in [2.75, 3.05) is 7.11 Å². The molecule has 0 saturated carbocycles. The van der Waals surface area contributed by atoms with Crippen LogP contribution in [0, 0.1) is 5.39 Å². The van der Waals surface area contributed by atoms with Crippen LogP contribution in [0.3, 0.4) is 0 Å². The number of hydrogen-bond donors (Lipinski definition) is 1. The number of nitrogens with zero attached hydrogens (tertiary/aromatic N) is 2. The van der Waals surface area contributed by atoms with Gasteiger partial charge in [-0.3, -0.25) is 0 Å². The summed E-state index contributed by atoms with van der Waals surface area (Å²) in [5.74, 6) is -0.0470. The van der Waals surface area contributed by atoms with Crippen molar-refractivity contribution in [1.29, 1.82) is 5.39 Å². The molecule has 0 saturated heterocycles. The second kappa shape index (κ2) is 5.01. The Hall–Kier alpha value is -1.81. The van der Waals surface area contributed by atoms with E-state index in [9.17, 15) is 5.11 Å². The van der Waals surface area contributed by atoms with Crippen LogP contribution in [0.15, 0.2) is 35.2 Å². The van der Waals surface area contributed by atoms with Crippen LogP contribution >= 0.6 is 12.0 Å². The topological polar surface area (TPSA) is 66.8 Å². The first-order valence-corrected chi connectivity index (χ1v) is 5.48. The van der Waals surface area contributed by atoms with Gasteiger partial charge < -0.3 is 5.11 Å². The Kier molecular flexibility index (Phi) is 3.44. The molecule has 0 radical (unpaired) electrons. The van der Waals surface area contributed by atoms with E-state index in [1.165, 1.54) is 13.2 Å². The zero-order valence-electron chi connectivity index (χ0n) is 8.95. The molecule has 0 aromatic heterocycles. The summed E-state index contributed by atoms with van der Waals surface area (Å²) in [4.78, 5) is 8.32. The summed E-state index contributed by atoms with van der Waals surface area (Å²) >= 11 is 1.07. The van der Waals surface area contributed by atoms with E-state index < -0.39 is 0 Å². The van der Waals surface area contributed by atoms with Crippen LogP contribution in [-0.2, 0) is 9.22 Å². The standard InChI is InChI=1S/C11H8N2O3S/c1-15-16-17-8-3-4-9-7(6-8)2-5-10(13-12)11(9)14/h2-6H,1H3/p+1. The lowest BCUT2D eigenvalue weighted by molar-refractivity contribution is -0.160. The Balaban J connectivity index is 2.47. The molecule has 5 nitrogen and oxygen atoms in total. The maximum absolute atomic E-state index is 9.80. The second-order valence-corrected chi connectivity index (χ2v) is 4.01. The van der Waals surface area contributed by atoms with Crippen molar-refractivity contribution in [2.45, 2.75) is 4.90 Å². The summed E-state index contributed by atoms with van der Waals surface area (Å²) in [6.07, 6.45) is 0. The number of benzene rings is 2. The van der Waals surface area contributed by atoms with E-state index in [0.29, 0.717) is 5.39 Å². The van der Waals surface area contributed by atoms with Crippen molar-refractivity contribution >= 4 is 28.5 Å². The fourth-order valence-corrected chi connectivity index (χ4v) is 1.93. The van der Waals surface area contributed by atoms with E-state index >= 15 is 0 Å². The molecule has 0 aliphatic carbocycles. The minimum atomic E-state index is -0.0470. The highest BCUT2D eigenvalue weighted by Gasteiger charge is 2.15.